The molecule has 3 aliphatic carbocycles. The summed E-state index contributed by atoms with van der Waals surface area (Å²) in [6, 6.07) is 2.38. The lowest BCUT2D eigenvalue weighted by Crippen LogP contribution is -2.15. The van der Waals surface area contributed by atoms with Crippen molar-refractivity contribution in [3.05, 3.63) is 23.5 Å². The third-order valence-corrected chi connectivity index (χ3v) is 4.12. The number of nitrogens with zero attached hydrogens (tertiary/aromatic N) is 1. The maximum Gasteiger partial charge on any atom is 0.110 e. The van der Waals surface area contributed by atoms with Crippen molar-refractivity contribution in [2.75, 3.05) is 6.61 Å². The van der Waals surface area contributed by atoms with Crippen LogP contribution in [0.2, 0.25) is 0 Å². The molecule has 0 amide bonds. The highest BCUT2D eigenvalue weighted by molar-refractivity contribution is 5.39. The summed E-state index contributed by atoms with van der Waals surface area (Å²) >= 11 is 0. The molecule has 0 radical (unpaired) electrons. The number of fused-ring (bicyclic) bond motifs is 5. The van der Waals surface area contributed by atoms with Crippen LogP contribution < -0.4 is 0 Å². The number of hydrogen-bond acceptors (Lipinski definition) is 2. The van der Waals surface area contributed by atoms with Gasteiger partial charge in [0.2, 0.25) is 0 Å². The molecule has 0 aromatic heterocycles. The Labute approximate surface area is 90.2 Å². The molecule has 0 N–H and O–H groups in total. The van der Waals surface area contributed by atoms with E-state index in [0.29, 0.717) is 30.3 Å². The lowest BCUT2D eigenvalue weighted by molar-refractivity contribution is 0.211. The molecule has 1 saturated carbocycles. The molecule has 0 aliphatic heterocycles. The van der Waals surface area contributed by atoms with Crippen LogP contribution in [0.5, 0.6) is 0 Å². The highest BCUT2D eigenvalue weighted by Crippen LogP contribution is 2.57. The zero-order valence-corrected chi connectivity index (χ0v) is 8.94. The molecule has 15 heavy (non-hydrogen) atoms. The number of rotatable bonds is 2. The summed E-state index contributed by atoms with van der Waals surface area (Å²) in [4.78, 5) is 0. The molecule has 3 rings (SSSR count). The van der Waals surface area contributed by atoms with Crippen molar-refractivity contribution in [2.24, 2.45) is 23.7 Å². The van der Waals surface area contributed by atoms with Crippen LogP contribution in [0.4, 0.5) is 0 Å². The van der Waals surface area contributed by atoms with Crippen molar-refractivity contribution in [1.29, 1.82) is 5.26 Å². The first-order valence-electron chi connectivity index (χ1n) is 5.79. The van der Waals surface area contributed by atoms with Gasteiger partial charge in [-0.25, -0.2) is 0 Å². The topological polar surface area (TPSA) is 33.0 Å². The normalized spacial score (nSPS) is 40.8. The van der Waals surface area contributed by atoms with Crippen molar-refractivity contribution in [3.8, 4) is 6.07 Å². The van der Waals surface area contributed by atoms with Gasteiger partial charge in [0.05, 0.1) is 18.2 Å². The van der Waals surface area contributed by atoms with Crippen molar-refractivity contribution in [1.82, 2.24) is 0 Å². The molecule has 0 aromatic rings. The minimum atomic E-state index is 0.478. The maximum absolute atomic E-state index is 9.23. The Hall–Kier alpha value is -1.23. The molecule has 2 heteroatoms. The third-order valence-electron chi connectivity index (χ3n) is 4.12. The van der Waals surface area contributed by atoms with Crippen LogP contribution in [-0.2, 0) is 4.74 Å². The van der Waals surface area contributed by atoms with E-state index in [2.05, 4.69) is 18.2 Å². The fourth-order valence-corrected chi connectivity index (χ4v) is 3.59. The van der Waals surface area contributed by atoms with Gasteiger partial charge < -0.3 is 4.74 Å². The molecule has 78 valence electrons. The Balaban J connectivity index is 1.94. The van der Waals surface area contributed by atoms with Gasteiger partial charge in [-0.1, -0.05) is 12.2 Å². The lowest BCUT2D eigenvalue weighted by Gasteiger charge is -2.19. The average molecular weight is 201 g/mol. The first-order valence-corrected chi connectivity index (χ1v) is 5.79. The number of allylic oxidation sites excluding steroid dienone is 4. The van der Waals surface area contributed by atoms with Gasteiger partial charge in [-0.3, -0.25) is 0 Å². The summed E-state index contributed by atoms with van der Waals surface area (Å²) in [5, 5.41) is 9.23. The predicted molar refractivity (Wildman–Crippen MR) is 56.6 cm³/mol. The summed E-state index contributed by atoms with van der Waals surface area (Å²) in [7, 11) is 0. The summed E-state index contributed by atoms with van der Waals surface area (Å²) in [6.45, 7) is 2.67. The van der Waals surface area contributed by atoms with Crippen molar-refractivity contribution in [3.63, 3.8) is 0 Å². The first-order chi connectivity index (χ1) is 7.35. The molecular formula is C13H15NO. The second kappa shape index (κ2) is 3.13. The Morgan fingerprint density at radius 3 is 3.00 bits per heavy atom. The van der Waals surface area contributed by atoms with Crippen molar-refractivity contribution in [2.45, 2.75) is 19.8 Å². The highest BCUT2D eigenvalue weighted by atomic mass is 16.5. The fourth-order valence-electron chi connectivity index (χ4n) is 3.59. The van der Waals surface area contributed by atoms with Gasteiger partial charge in [0.25, 0.3) is 0 Å². The first kappa shape index (κ1) is 9.03. The van der Waals surface area contributed by atoms with Crippen LogP contribution in [0.1, 0.15) is 19.8 Å². The minimum absolute atomic E-state index is 0.478. The van der Waals surface area contributed by atoms with Crippen LogP contribution >= 0.6 is 0 Å². The number of hydrogen-bond donors (Lipinski definition) is 0. The smallest absolute Gasteiger partial charge is 0.110 e. The lowest BCUT2D eigenvalue weighted by atomic mass is 9.83. The van der Waals surface area contributed by atoms with Crippen LogP contribution in [-0.4, -0.2) is 6.61 Å². The molecule has 4 unspecified atom stereocenters. The molecule has 3 aliphatic rings. The second-order valence-corrected chi connectivity index (χ2v) is 4.72. The van der Waals surface area contributed by atoms with Gasteiger partial charge in [-0.15, -0.1) is 0 Å². The summed E-state index contributed by atoms with van der Waals surface area (Å²) in [5.41, 5.74) is 0.943. The Morgan fingerprint density at radius 1 is 1.47 bits per heavy atom. The minimum Gasteiger partial charge on any atom is -0.497 e. The van der Waals surface area contributed by atoms with Gasteiger partial charge in [0.15, 0.2) is 0 Å². The summed E-state index contributed by atoms with van der Waals surface area (Å²) in [5.74, 6) is 3.45. The number of nitriles is 1. The van der Waals surface area contributed by atoms with Gasteiger partial charge in [0, 0.05) is 12.3 Å². The van der Waals surface area contributed by atoms with Crippen LogP contribution in [0, 0.1) is 35.0 Å². The van der Waals surface area contributed by atoms with E-state index in [1.54, 1.807) is 0 Å². The fraction of sp³-hybridized carbons (Fsp3) is 0.615. The molecule has 0 aromatic carbocycles. The molecule has 4 atom stereocenters. The van der Waals surface area contributed by atoms with Crippen LogP contribution in [0.15, 0.2) is 23.5 Å². The average Bonchev–Trinajstić information content (AvgIpc) is 2.86. The highest BCUT2D eigenvalue weighted by Gasteiger charge is 2.51. The van der Waals surface area contributed by atoms with E-state index in [9.17, 15) is 5.26 Å². The van der Waals surface area contributed by atoms with E-state index in [1.807, 2.05) is 6.92 Å². The Bertz CT molecular complexity index is 388. The van der Waals surface area contributed by atoms with E-state index < -0.39 is 0 Å². The molecule has 2 bridgehead atoms. The van der Waals surface area contributed by atoms with Crippen molar-refractivity contribution < 1.29 is 4.74 Å². The van der Waals surface area contributed by atoms with Gasteiger partial charge in [0.1, 0.15) is 5.76 Å². The molecule has 2 nitrogen and oxygen atoms in total. The van der Waals surface area contributed by atoms with Crippen LogP contribution in [0.3, 0.4) is 0 Å². The molecular weight excluding hydrogens is 186 g/mol. The molecule has 0 saturated heterocycles. The van der Waals surface area contributed by atoms with E-state index >= 15 is 0 Å². The summed E-state index contributed by atoms with van der Waals surface area (Å²) < 4.78 is 5.60. The quantitative estimate of drug-likeness (QED) is 0.643. The van der Waals surface area contributed by atoms with Crippen LogP contribution in [0.25, 0.3) is 0 Å². The zero-order valence-electron chi connectivity index (χ0n) is 8.94. The Kier molecular flexibility index (Phi) is 1.88. The standard InChI is InChI=1S/C13H15NO/c1-2-15-12-6-10-8-3-4-9(5-8)13(10)11(12)7-14/h3-4,8-10,13H,2,5-6H2,1H3. The molecule has 0 heterocycles. The van der Waals surface area contributed by atoms with E-state index in [4.69, 9.17) is 4.74 Å². The van der Waals surface area contributed by atoms with Crippen molar-refractivity contribution >= 4 is 0 Å². The Morgan fingerprint density at radius 2 is 2.27 bits per heavy atom. The van der Waals surface area contributed by atoms with E-state index in [1.165, 1.54) is 6.42 Å². The third kappa shape index (κ3) is 1.10. The van der Waals surface area contributed by atoms with Gasteiger partial charge in [-0.2, -0.15) is 5.26 Å². The second-order valence-electron chi connectivity index (χ2n) is 4.72. The van der Waals surface area contributed by atoms with Gasteiger partial charge >= 0.3 is 0 Å². The SMILES string of the molecule is CCOC1=C(C#N)C2C3C=CC(C3)C2C1. The molecule has 0 spiro atoms. The zero-order chi connectivity index (χ0) is 10.4. The molecule has 1 fully saturated rings. The maximum atomic E-state index is 9.23. The largest absolute Gasteiger partial charge is 0.497 e. The van der Waals surface area contributed by atoms with E-state index in [-0.39, 0.29) is 0 Å². The summed E-state index contributed by atoms with van der Waals surface area (Å²) in [6.07, 6.45) is 6.90. The van der Waals surface area contributed by atoms with E-state index in [0.717, 1.165) is 17.8 Å². The monoisotopic (exact) mass is 201 g/mol. The van der Waals surface area contributed by atoms with Gasteiger partial charge in [-0.05, 0) is 31.1 Å². The number of ether oxygens (including phenoxy) is 1. The predicted octanol–water partition coefficient (Wildman–Crippen LogP) is 2.64.